The van der Waals surface area contributed by atoms with Crippen LogP contribution < -0.4 is 14.8 Å². The molecule has 0 aliphatic carbocycles. The van der Waals surface area contributed by atoms with Crippen molar-refractivity contribution >= 4 is 29.2 Å². The average Bonchev–Trinajstić information content (AvgIpc) is 2.41. The molecule has 1 N–H and O–H groups in total. The SMILES string of the molecule is CNc1nc(Oc2ccc(Cl)cc2Cl)nc(OC(C)C)n1. The van der Waals surface area contributed by atoms with Gasteiger partial charge in [-0.3, -0.25) is 0 Å². The van der Waals surface area contributed by atoms with Gasteiger partial charge in [0.1, 0.15) is 5.75 Å². The van der Waals surface area contributed by atoms with E-state index in [2.05, 4.69) is 20.3 Å². The highest BCUT2D eigenvalue weighted by Crippen LogP contribution is 2.30. The van der Waals surface area contributed by atoms with Gasteiger partial charge in [0.15, 0.2) is 0 Å². The molecule has 0 atom stereocenters. The average molecular weight is 329 g/mol. The molecule has 6 nitrogen and oxygen atoms in total. The van der Waals surface area contributed by atoms with Gasteiger partial charge in [-0.15, -0.1) is 4.98 Å². The Hall–Kier alpha value is -1.79. The van der Waals surface area contributed by atoms with Gasteiger partial charge in [0, 0.05) is 12.1 Å². The number of benzene rings is 1. The standard InChI is InChI=1S/C13H14Cl2N4O2/c1-7(2)20-12-17-11(16-3)18-13(19-12)21-10-5-4-8(14)6-9(10)15/h4-7H,1-3H3,(H,16,17,18,19). The van der Waals surface area contributed by atoms with Crippen molar-refractivity contribution < 1.29 is 9.47 Å². The molecular formula is C13H14Cl2N4O2. The van der Waals surface area contributed by atoms with Gasteiger partial charge >= 0.3 is 12.0 Å². The van der Waals surface area contributed by atoms with Crippen molar-refractivity contribution in [3.05, 3.63) is 28.2 Å². The maximum atomic E-state index is 6.05. The lowest BCUT2D eigenvalue weighted by molar-refractivity contribution is 0.218. The smallest absolute Gasteiger partial charge is 0.330 e. The van der Waals surface area contributed by atoms with Crippen molar-refractivity contribution in [1.29, 1.82) is 0 Å². The quantitative estimate of drug-likeness (QED) is 0.900. The van der Waals surface area contributed by atoms with Gasteiger partial charge < -0.3 is 14.8 Å². The van der Waals surface area contributed by atoms with Gasteiger partial charge in [-0.1, -0.05) is 23.2 Å². The second-order valence-electron chi connectivity index (χ2n) is 4.32. The summed E-state index contributed by atoms with van der Waals surface area (Å²) in [5, 5.41) is 3.69. The van der Waals surface area contributed by atoms with E-state index in [1.165, 1.54) is 0 Å². The molecule has 0 unspecified atom stereocenters. The number of halogens is 2. The number of hydrogen-bond acceptors (Lipinski definition) is 6. The number of nitrogens with one attached hydrogen (secondary N) is 1. The summed E-state index contributed by atoms with van der Waals surface area (Å²) in [6.07, 6.45) is -0.0657. The van der Waals surface area contributed by atoms with Crippen LogP contribution in [0.1, 0.15) is 13.8 Å². The van der Waals surface area contributed by atoms with Crippen molar-refractivity contribution in [2.45, 2.75) is 20.0 Å². The topological polar surface area (TPSA) is 69.2 Å². The van der Waals surface area contributed by atoms with Crippen LogP contribution >= 0.6 is 23.2 Å². The van der Waals surface area contributed by atoms with Crippen LogP contribution in [0.25, 0.3) is 0 Å². The third-order valence-corrected chi connectivity index (χ3v) is 2.78. The summed E-state index contributed by atoms with van der Waals surface area (Å²) >= 11 is 11.9. The Bertz CT molecular complexity index is 638. The Kier molecular flexibility index (Phi) is 5.03. The van der Waals surface area contributed by atoms with Gasteiger partial charge in [0.25, 0.3) is 0 Å². The molecule has 8 heteroatoms. The molecule has 0 radical (unpaired) electrons. The molecule has 0 spiro atoms. The number of hydrogen-bond donors (Lipinski definition) is 1. The molecule has 0 aliphatic heterocycles. The molecule has 21 heavy (non-hydrogen) atoms. The van der Waals surface area contributed by atoms with Gasteiger partial charge in [0.2, 0.25) is 5.95 Å². The van der Waals surface area contributed by atoms with Gasteiger partial charge in [-0.05, 0) is 32.0 Å². The van der Waals surface area contributed by atoms with Crippen molar-refractivity contribution in [1.82, 2.24) is 15.0 Å². The zero-order valence-electron chi connectivity index (χ0n) is 11.7. The summed E-state index contributed by atoms with van der Waals surface area (Å²) in [7, 11) is 1.69. The van der Waals surface area contributed by atoms with E-state index in [1.807, 2.05) is 13.8 Å². The lowest BCUT2D eigenvalue weighted by Crippen LogP contribution is -2.11. The molecule has 2 aromatic rings. The van der Waals surface area contributed by atoms with Crippen LogP contribution in [0.5, 0.6) is 17.8 Å². The van der Waals surface area contributed by atoms with E-state index in [0.717, 1.165) is 0 Å². The highest BCUT2D eigenvalue weighted by atomic mass is 35.5. The molecule has 112 valence electrons. The van der Waals surface area contributed by atoms with Crippen molar-refractivity contribution in [2.75, 3.05) is 12.4 Å². The van der Waals surface area contributed by atoms with Crippen LogP contribution in [0.15, 0.2) is 18.2 Å². The first-order chi connectivity index (χ1) is 9.97. The van der Waals surface area contributed by atoms with Crippen LogP contribution in [0, 0.1) is 0 Å². The summed E-state index contributed by atoms with van der Waals surface area (Å²) < 4.78 is 11.0. The molecular weight excluding hydrogens is 315 g/mol. The van der Waals surface area contributed by atoms with E-state index >= 15 is 0 Å². The molecule has 0 saturated carbocycles. The van der Waals surface area contributed by atoms with Crippen molar-refractivity contribution in [3.8, 4) is 17.8 Å². The van der Waals surface area contributed by atoms with Crippen LogP contribution in [0.3, 0.4) is 0 Å². The molecule has 0 aliphatic rings. The number of rotatable bonds is 5. The first-order valence-electron chi connectivity index (χ1n) is 6.21. The molecule has 0 saturated heterocycles. The maximum Gasteiger partial charge on any atom is 0.330 e. The Balaban J connectivity index is 2.29. The Morgan fingerprint density at radius 2 is 1.81 bits per heavy atom. The van der Waals surface area contributed by atoms with E-state index in [0.29, 0.717) is 21.7 Å². The minimum absolute atomic E-state index is 0.0657. The monoisotopic (exact) mass is 328 g/mol. The third-order valence-electron chi connectivity index (χ3n) is 2.25. The molecule has 1 aromatic carbocycles. The second kappa shape index (κ2) is 6.78. The fourth-order valence-corrected chi connectivity index (χ4v) is 1.86. The minimum atomic E-state index is -0.0657. The lowest BCUT2D eigenvalue weighted by atomic mass is 10.3. The van der Waals surface area contributed by atoms with E-state index in [4.69, 9.17) is 32.7 Å². The number of anilines is 1. The number of ether oxygens (including phenoxy) is 2. The van der Waals surface area contributed by atoms with Crippen molar-refractivity contribution in [3.63, 3.8) is 0 Å². The van der Waals surface area contributed by atoms with Crippen LogP contribution in [-0.2, 0) is 0 Å². The van der Waals surface area contributed by atoms with Crippen LogP contribution in [0.2, 0.25) is 10.0 Å². The summed E-state index contributed by atoms with van der Waals surface area (Å²) in [5.41, 5.74) is 0. The summed E-state index contributed by atoms with van der Waals surface area (Å²) in [6.45, 7) is 3.75. The fourth-order valence-electron chi connectivity index (χ4n) is 1.42. The minimum Gasteiger partial charge on any atom is -0.461 e. The Morgan fingerprint density at radius 3 is 2.43 bits per heavy atom. The number of aromatic nitrogens is 3. The summed E-state index contributed by atoms with van der Waals surface area (Å²) in [5.74, 6) is 0.727. The zero-order valence-corrected chi connectivity index (χ0v) is 13.2. The van der Waals surface area contributed by atoms with Gasteiger partial charge in [-0.2, -0.15) is 9.97 Å². The summed E-state index contributed by atoms with van der Waals surface area (Å²) in [6, 6.07) is 5.12. The molecule has 1 aromatic heterocycles. The van der Waals surface area contributed by atoms with Gasteiger partial charge in [-0.25, -0.2) is 0 Å². The Morgan fingerprint density at radius 1 is 1.10 bits per heavy atom. The zero-order chi connectivity index (χ0) is 15.4. The van der Waals surface area contributed by atoms with Crippen molar-refractivity contribution in [2.24, 2.45) is 0 Å². The van der Waals surface area contributed by atoms with E-state index in [-0.39, 0.29) is 18.1 Å². The van der Waals surface area contributed by atoms with Gasteiger partial charge in [0.05, 0.1) is 11.1 Å². The van der Waals surface area contributed by atoms with Crippen LogP contribution in [0.4, 0.5) is 5.95 Å². The lowest BCUT2D eigenvalue weighted by Gasteiger charge is -2.11. The second-order valence-corrected chi connectivity index (χ2v) is 5.16. The normalized spacial score (nSPS) is 10.6. The highest BCUT2D eigenvalue weighted by Gasteiger charge is 2.12. The third kappa shape index (κ3) is 4.34. The highest BCUT2D eigenvalue weighted by molar-refractivity contribution is 6.35. The predicted octanol–water partition coefficient (Wildman–Crippen LogP) is 3.80. The molecule has 0 amide bonds. The first-order valence-corrected chi connectivity index (χ1v) is 6.97. The maximum absolute atomic E-state index is 6.05. The molecule has 0 fully saturated rings. The fraction of sp³-hybridized carbons (Fsp3) is 0.308. The largest absolute Gasteiger partial charge is 0.461 e. The molecule has 2 rings (SSSR count). The first kappa shape index (κ1) is 15.6. The van der Waals surface area contributed by atoms with E-state index in [1.54, 1.807) is 25.2 Å². The Labute approximate surface area is 132 Å². The number of nitrogens with zero attached hydrogens (tertiary/aromatic N) is 3. The summed E-state index contributed by atoms with van der Waals surface area (Å²) in [4.78, 5) is 12.3. The molecule has 0 bridgehead atoms. The van der Waals surface area contributed by atoms with E-state index < -0.39 is 0 Å². The predicted molar refractivity (Wildman–Crippen MR) is 81.7 cm³/mol. The molecule has 1 heterocycles. The van der Waals surface area contributed by atoms with Crippen LogP contribution in [-0.4, -0.2) is 28.1 Å². The van der Waals surface area contributed by atoms with E-state index in [9.17, 15) is 0 Å².